The SMILES string of the molecule is C=CCn1c2c(n(C3OC(CO)C4OC(COCCOC(=O)N(C)CCNC(=O)C(CCCCN)NC(=O)C(NC(=O)COCCOCCOCCOCCOCC(=O)NN)C(C)C)OC43)c1=O)NC(N)NC2=O. The summed E-state index contributed by atoms with van der Waals surface area (Å²) < 4.78 is 58.1. The molecule has 2 fully saturated rings. The number of hydrogen-bond acceptors (Lipinski definition) is 22. The summed E-state index contributed by atoms with van der Waals surface area (Å²) in [5, 5.41) is 23.7. The fraction of sp³-hybridized carbons (Fsp3) is 0.750. The number of allylic oxidation sites excluding steroid dienone is 1. The zero-order valence-electron chi connectivity index (χ0n) is 42.3. The molecule has 6 amide bonds. The molecule has 3 aliphatic heterocycles. The minimum Gasteiger partial charge on any atom is -0.447 e. The number of hydrazine groups is 1. The fourth-order valence-corrected chi connectivity index (χ4v) is 7.65. The van der Waals surface area contributed by atoms with Crippen LogP contribution in [0.1, 0.15) is 49.8 Å². The van der Waals surface area contributed by atoms with Crippen LogP contribution in [0.25, 0.3) is 0 Å². The first-order valence-corrected chi connectivity index (χ1v) is 24.4. The van der Waals surface area contributed by atoms with Gasteiger partial charge in [0.2, 0.25) is 17.7 Å². The molecule has 2 saturated heterocycles. The van der Waals surface area contributed by atoms with Crippen molar-refractivity contribution in [3.8, 4) is 0 Å². The number of hydrogen-bond donors (Lipinski definition) is 10. The largest absolute Gasteiger partial charge is 0.447 e. The van der Waals surface area contributed by atoms with E-state index in [4.69, 9.17) is 64.7 Å². The van der Waals surface area contributed by atoms with E-state index >= 15 is 0 Å². The monoisotopic (exact) mass is 1060 g/mol. The van der Waals surface area contributed by atoms with Crippen molar-refractivity contribution in [1.29, 1.82) is 0 Å². The molecule has 0 saturated carbocycles. The van der Waals surface area contributed by atoms with Crippen molar-refractivity contribution in [2.45, 2.75) is 88.9 Å². The van der Waals surface area contributed by atoms with Gasteiger partial charge in [-0.25, -0.2) is 20.0 Å². The van der Waals surface area contributed by atoms with Gasteiger partial charge in [0.25, 0.3) is 11.8 Å². The van der Waals surface area contributed by atoms with Crippen molar-refractivity contribution >= 4 is 41.4 Å². The molecule has 0 bridgehead atoms. The summed E-state index contributed by atoms with van der Waals surface area (Å²) in [4.78, 5) is 90.9. The van der Waals surface area contributed by atoms with Crippen LogP contribution in [0.15, 0.2) is 17.4 Å². The smallest absolute Gasteiger partial charge is 0.409 e. The molecule has 13 N–H and O–H groups in total. The molecule has 420 valence electrons. The first-order chi connectivity index (χ1) is 35.6. The number of imidazole rings is 1. The van der Waals surface area contributed by atoms with Crippen LogP contribution in [0.2, 0.25) is 0 Å². The molecule has 0 spiro atoms. The zero-order chi connectivity index (χ0) is 54.0. The zero-order valence-corrected chi connectivity index (χ0v) is 42.3. The van der Waals surface area contributed by atoms with Gasteiger partial charge in [-0.2, -0.15) is 0 Å². The standard InChI is InChI=1S/C44H76N12O18/c1-5-11-55-34-37(51-42(46)52-40(34)62)56(43(55)63)41-36-35(29(23-57)72-41)73-32(74-36)26-70-21-22-71-44(64)54(4)12-10-48-38(60)28(8-6-7-9-45)49-39(61)33(27(2)3)50-30(58)24-68-19-17-66-15-13-65-14-16-67-18-20-69-25-31(59)53-47/h5,27-29,32-33,35-36,41-42,51,57H,1,6-26,45-47H2,2-4H3,(H,48,60)(H,49,61)(H,50,58)(H,52,62)(H,53,59). The molecule has 1 aromatic heterocycles. The van der Waals surface area contributed by atoms with E-state index in [1.54, 1.807) is 13.8 Å². The van der Waals surface area contributed by atoms with Crippen molar-refractivity contribution < 1.29 is 81.2 Å². The second kappa shape index (κ2) is 32.8. The summed E-state index contributed by atoms with van der Waals surface area (Å²) in [6.45, 7) is 8.53. The molecular weight excluding hydrogens is 985 g/mol. The van der Waals surface area contributed by atoms with Crippen LogP contribution in [-0.2, 0) is 73.1 Å². The molecule has 8 unspecified atom stereocenters. The lowest BCUT2D eigenvalue weighted by atomic mass is 10.0. The number of anilines is 1. The van der Waals surface area contributed by atoms with E-state index in [-0.39, 0.29) is 103 Å². The molecule has 4 rings (SSSR count). The Balaban J connectivity index is 1.11. The van der Waals surface area contributed by atoms with E-state index in [9.17, 15) is 38.7 Å². The predicted octanol–water partition coefficient (Wildman–Crippen LogP) is -4.74. The number of rotatable bonds is 37. The number of amides is 6. The number of nitrogens with two attached hydrogens (primary N) is 3. The number of likely N-dealkylation sites (N-methyl/N-ethyl adjacent to an activating group) is 1. The van der Waals surface area contributed by atoms with E-state index in [1.165, 1.54) is 27.2 Å². The highest BCUT2D eigenvalue weighted by Gasteiger charge is 2.55. The van der Waals surface area contributed by atoms with E-state index in [2.05, 4.69) is 33.2 Å². The van der Waals surface area contributed by atoms with Crippen molar-refractivity contribution in [2.24, 2.45) is 23.2 Å². The molecule has 3 aliphatic rings. The number of nitrogens with zero attached hydrogens (tertiary/aromatic N) is 3. The highest BCUT2D eigenvalue weighted by Crippen LogP contribution is 2.41. The molecular formula is C44H76N12O18. The van der Waals surface area contributed by atoms with Crippen molar-refractivity contribution in [3.63, 3.8) is 0 Å². The van der Waals surface area contributed by atoms with Crippen LogP contribution >= 0.6 is 0 Å². The molecule has 74 heavy (non-hydrogen) atoms. The van der Waals surface area contributed by atoms with E-state index in [0.717, 1.165) is 0 Å². The third kappa shape index (κ3) is 19.1. The Labute approximate surface area is 428 Å². The third-order valence-corrected chi connectivity index (χ3v) is 11.3. The molecule has 1 aromatic rings. The van der Waals surface area contributed by atoms with Gasteiger partial charge in [0.15, 0.2) is 24.5 Å². The average Bonchev–Trinajstić information content (AvgIpc) is 4.02. The Morgan fingerprint density at radius 1 is 0.838 bits per heavy atom. The van der Waals surface area contributed by atoms with E-state index < -0.39 is 97.1 Å². The molecule has 0 aromatic carbocycles. The van der Waals surface area contributed by atoms with Crippen molar-refractivity contribution in [1.82, 2.24) is 40.7 Å². The van der Waals surface area contributed by atoms with Gasteiger partial charge in [-0.1, -0.05) is 19.9 Å². The minimum atomic E-state index is -1.11. The van der Waals surface area contributed by atoms with Gasteiger partial charge >= 0.3 is 11.8 Å². The van der Waals surface area contributed by atoms with Crippen LogP contribution in [0, 0.1) is 5.92 Å². The number of fused-ring (bicyclic) bond motifs is 2. The quantitative estimate of drug-likeness (QED) is 0.00983. The third-order valence-electron chi connectivity index (χ3n) is 11.3. The van der Waals surface area contributed by atoms with Gasteiger partial charge in [-0.3, -0.25) is 39.7 Å². The van der Waals surface area contributed by atoms with Gasteiger partial charge in [0, 0.05) is 26.7 Å². The maximum Gasteiger partial charge on any atom is 0.409 e. The first kappa shape index (κ1) is 61.2. The maximum atomic E-state index is 13.6. The Morgan fingerprint density at radius 2 is 1.46 bits per heavy atom. The predicted molar refractivity (Wildman–Crippen MR) is 258 cm³/mol. The number of carbonyl (C=O) groups excluding carboxylic acids is 6. The Bertz CT molecular complexity index is 2010. The lowest BCUT2D eigenvalue weighted by Crippen LogP contribution is -2.56. The molecule has 0 aliphatic carbocycles. The van der Waals surface area contributed by atoms with Crippen LogP contribution in [0.5, 0.6) is 0 Å². The number of carbonyl (C=O) groups is 6. The summed E-state index contributed by atoms with van der Waals surface area (Å²) in [6, 6.07) is -1.93. The maximum absolute atomic E-state index is 13.6. The highest BCUT2D eigenvalue weighted by atomic mass is 16.8. The second-order valence-electron chi connectivity index (χ2n) is 17.3. The van der Waals surface area contributed by atoms with Crippen LogP contribution in [0.3, 0.4) is 0 Å². The number of nitrogens with one attached hydrogen (secondary N) is 6. The summed E-state index contributed by atoms with van der Waals surface area (Å²) >= 11 is 0. The summed E-state index contributed by atoms with van der Waals surface area (Å²) in [7, 11) is 1.48. The van der Waals surface area contributed by atoms with Gasteiger partial charge < -0.3 is 89.7 Å². The molecule has 4 heterocycles. The summed E-state index contributed by atoms with van der Waals surface area (Å²) in [6.07, 6.45) is -3.44. The van der Waals surface area contributed by atoms with Crippen molar-refractivity contribution in [2.75, 3.05) is 124 Å². The highest BCUT2D eigenvalue weighted by molar-refractivity contribution is 5.99. The normalized spacial score (nSPS) is 20.7. The lowest BCUT2D eigenvalue weighted by Gasteiger charge is -2.26. The second-order valence-corrected chi connectivity index (χ2v) is 17.3. The molecule has 30 nitrogen and oxygen atoms in total. The van der Waals surface area contributed by atoms with Gasteiger partial charge in [-0.05, 0) is 31.7 Å². The minimum absolute atomic E-state index is 0.0205. The fourth-order valence-electron chi connectivity index (χ4n) is 7.65. The van der Waals surface area contributed by atoms with Crippen molar-refractivity contribution in [3.05, 3.63) is 28.8 Å². The average molecular weight is 1060 g/mol. The Morgan fingerprint density at radius 3 is 2.07 bits per heavy atom. The Kier molecular flexibility index (Phi) is 27.2. The molecule has 8 atom stereocenters. The van der Waals surface area contributed by atoms with Crippen LogP contribution < -0.4 is 55.0 Å². The van der Waals surface area contributed by atoms with Crippen LogP contribution in [0.4, 0.5) is 10.6 Å². The lowest BCUT2D eigenvalue weighted by molar-refractivity contribution is -0.171. The Hall–Kier alpha value is -5.35. The number of aliphatic hydroxyl groups is 1. The number of ether oxygens (including phenoxy) is 10. The summed E-state index contributed by atoms with van der Waals surface area (Å²) in [5.74, 6) is 2.14. The van der Waals surface area contributed by atoms with Crippen LogP contribution in [-0.4, -0.2) is 217 Å². The number of unbranched alkanes of at least 4 members (excludes halogenated alkanes) is 1. The number of aliphatic hydroxyl groups excluding tert-OH is 1. The molecule has 30 heteroatoms. The number of aromatic nitrogens is 2. The topological polar surface area (TPSA) is 395 Å². The summed E-state index contributed by atoms with van der Waals surface area (Å²) in [5.41, 5.74) is 13.0. The van der Waals surface area contributed by atoms with E-state index in [1.807, 2.05) is 5.43 Å². The van der Waals surface area contributed by atoms with Gasteiger partial charge in [-0.15, -0.1) is 6.58 Å². The first-order valence-electron chi connectivity index (χ1n) is 24.4. The van der Waals surface area contributed by atoms with Gasteiger partial charge in [0.05, 0.1) is 72.7 Å². The van der Waals surface area contributed by atoms with E-state index in [0.29, 0.717) is 45.8 Å². The van der Waals surface area contributed by atoms with Gasteiger partial charge in [0.1, 0.15) is 56.0 Å². The molecule has 0 radical (unpaired) electrons.